The van der Waals surface area contributed by atoms with Crippen LogP contribution < -0.4 is 4.90 Å². The molecule has 0 spiro atoms. The molecule has 0 aliphatic rings. The van der Waals surface area contributed by atoms with E-state index in [9.17, 15) is 0 Å². The standard InChI is InChI=1S/C11H15NOS/c1-8-5-9(2)7-10(6-8)12(3)11(14)13-4/h5-7H,1-4H3. The molecule has 0 aliphatic heterocycles. The maximum absolute atomic E-state index is 5.05. The molecule has 0 radical (unpaired) electrons. The van der Waals surface area contributed by atoms with Gasteiger partial charge >= 0.3 is 0 Å². The number of ether oxygens (including phenoxy) is 1. The minimum absolute atomic E-state index is 0.481. The predicted octanol–water partition coefficient (Wildman–Crippen LogP) is 2.67. The predicted molar refractivity (Wildman–Crippen MR) is 63.9 cm³/mol. The van der Waals surface area contributed by atoms with Crippen molar-refractivity contribution in [3.63, 3.8) is 0 Å². The lowest BCUT2D eigenvalue weighted by molar-refractivity contribution is 0.405. The van der Waals surface area contributed by atoms with E-state index >= 15 is 0 Å². The van der Waals surface area contributed by atoms with Gasteiger partial charge in [0.25, 0.3) is 5.17 Å². The molecule has 0 saturated heterocycles. The third-order valence-corrected chi connectivity index (χ3v) is 2.48. The third kappa shape index (κ3) is 2.45. The number of aryl methyl sites for hydroxylation is 2. The van der Waals surface area contributed by atoms with Crippen LogP contribution in [0.25, 0.3) is 0 Å². The van der Waals surface area contributed by atoms with Crippen LogP contribution in [0.5, 0.6) is 0 Å². The monoisotopic (exact) mass is 209 g/mol. The van der Waals surface area contributed by atoms with Crippen molar-refractivity contribution >= 4 is 23.1 Å². The average Bonchev–Trinajstić information content (AvgIpc) is 2.14. The SMILES string of the molecule is COC(=S)N(C)c1cc(C)cc(C)c1. The summed E-state index contributed by atoms with van der Waals surface area (Å²) in [5.74, 6) is 0. The van der Waals surface area contributed by atoms with Crippen molar-refractivity contribution in [2.45, 2.75) is 13.8 Å². The van der Waals surface area contributed by atoms with Crippen molar-refractivity contribution in [1.82, 2.24) is 0 Å². The molecule has 0 saturated carbocycles. The Bertz CT molecular complexity index is 329. The molecule has 14 heavy (non-hydrogen) atoms. The Balaban J connectivity index is 3.00. The Labute approximate surface area is 90.5 Å². The van der Waals surface area contributed by atoms with Crippen molar-refractivity contribution < 1.29 is 4.74 Å². The van der Waals surface area contributed by atoms with Gasteiger partial charge in [-0.05, 0) is 49.3 Å². The lowest BCUT2D eigenvalue weighted by Crippen LogP contribution is -2.25. The molecule has 0 N–H and O–H groups in total. The molecule has 2 nitrogen and oxygen atoms in total. The second kappa shape index (κ2) is 4.42. The van der Waals surface area contributed by atoms with E-state index in [1.807, 2.05) is 11.9 Å². The topological polar surface area (TPSA) is 12.5 Å². The molecule has 0 aromatic heterocycles. The number of hydrogen-bond acceptors (Lipinski definition) is 2. The number of thiocarbonyl (C=S) groups is 1. The zero-order valence-electron chi connectivity index (χ0n) is 9.00. The van der Waals surface area contributed by atoms with E-state index in [0.717, 1.165) is 5.69 Å². The van der Waals surface area contributed by atoms with Crippen LogP contribution in [0.2, 0.25) is 0 Å². The maximum Gasteiger partial charge on any atom is 0.263 e. The fourth-order valence-corrected chi connectivity index (χ4v) is 1.49. The molecule has 0 unspecified atom stereocenters. The Hall–Kier alpha value is -1.09. The van der Waals surface area contributed by atoms with E-state index < -0.39 is 0 Å². The molecule has 76 valence electrons. The van der Waals surface area contributed by atoms with Crippen LogP contribution in [0.15, 0.2) is 18.2 Å². The molecule has 0 bridgehead atoms. The largest absolute Gasteiger partial charge is 0.474 e. The van der Waals surface area contributed by atoms with Crippen LogP contribution in [0.1, 0.15) is 11.1 Å². The summed E-state index contributed by atoms with van der Waals surface area (Å²) in [5.41, 5.74) is 3.52. The fraction of sp³-hybridized carbons (Fsp3) is 0.364. The molecule has 0 aliphatic carbocycles. The summed E-state index contributed by atoms with van der Waals surface area (Å²) in [5, 5.41) is 0.481. The van der Waals surface area contributed by atoms with Crippen LogP contribution in [0.3, 0.4) is 0 Å². The normalized spacial score (nSPS) is 9.71. The van der Waals surface area contributed by atoms with Gasteiger partial charge in [0, 0.05) is 12.7 Å². The summed E-state index contributed by atoms with van der Waals surface area (Å²) in [6.45, 7) is 4.14. The highest BCUT2D eigenvalue weighted by Crippen LogP contribution is 2.17. The van der Waals surface area contributed by atoms with Crippen LogP contribution in [-0.2, 0) is 4.74 Å². The number of hydrogen-bond donors (Lipinski definition) is 0. The summed E-state index contributed by atoms with van der Waals surface area (Å²) >= 11 is 5.05. The average molecular weight is 209 g/mol. The zero-order chi connectivity index (χ0) is 10.7. The number of anilines is 1. The molecule has 0 heterocycles. The van der Waals surface area contributed by atoms with Crippen molar-refractivity contribution in [3.8, 4) is 0 Å². The summed E-state index contributed by atoms with van der Waals surface area (Å²) in [4.78, 5) is 1.86. The van der Waals surface area contributed by atoms with E-state index in [2.05, 4.69) is 32.0 Å². The number of rotatable bonds is 1. The van der Waals surface area contributed by atoms with Gasteiger partial charge in [-0.25, -0.2) is 0 Å². The quantitative estimate of drug-likeness (QED) is 0.660. The lowest BCUT2D eigenvalue weighted by Gasteiger charge is -2.19. The molecule has 1 aromatic carbocycles. The minimum Gasteiger partial charge on any atom is -0.474 e. The van der Waals surface area contributed by atoms with Crippen LogP contribution >= 0.6 is 12.2 Å². The zero-order valence-corrected chi connectivity index (χ0v) is 9.81. The van der Waals surface area contributed by atoms with Crippen molar-refractivity contribution in [2.24, 2.45) is 0 Å². The second-order valence-corrected chi connectivity index (χ2v) is 3.72. The Morgan fingerprint density at radius 2 is 1.71 bits per heavy atom. The maximum atomic E-state index is 5.05. The van der Waals surface area contributed by atoms with E-state index in [-0.39, 0.29) is 0 Å². The first kappa shape index (κ1) is 11.0. The van der Waals surface area contributed by atoms with Gasteiger partial charge in [0.15, 0.2) is 0 Å². The first-order chi connectivity index (χ1) is 6.54. The number of nitrogens with zero attached hydrogens (tertiary/aromatic N) is 1. The van der Waals surface area contributed by atoms with Crippen LogP contribution in [0, 0.1) is 13.8 Å². The van der Waals surface area contributed by atoms with Gasteiger partial charge < -0.3 is 9.64 Å². The van der Waals surface area contributed by atoms with E-state index in [0.29, 0.717) is 5.17 Å². The van der Waals surface area contributed by atoms with Crippen molar-refractivity contribution in [1.29, 1.82) is 0 Å². The third-order valence-electron chi connectivity index (χ3n) is 2.04. The van der Waals surface area contributed by atoms with Gasteiger partial charge in [0.1, 0.15) is 0 Å². The highest BCUT2D eigenvalue weighted by atomic mass is 32.1. The van der Waals surface area contributed by atoms with Crippen molar-refractivity contribution in [3.05, 3.63) is 29.3 Å². The van der Waals surface area contributed by atoms with Gasteiger partial charge in [-0.3, -0.25) is 0 Å². The summed E-state index contributed by atoms with van der Waals surface area (Å²) in [7, 11) is 3.49. The highest BCUT2D eigenvalue weighted by molar-refractivity contribution is 7.80. The Morgan fingerprint density at radius 1 is 1.21 bits per heavy atom. The second-order valence-electron chi connectivity index (χ2n) is 3.37. The van der Waals surface area contributed by atoms with Gasteiger partial charge in [-0.1, -0.05) is 6.07 Å². The molecule has 0 fully saturated rings. The van der Waals surface area contributed by atoms with Gasteiger partial charge in [-0.2, -0.15) is 0 Å². The number of benzene rings is 1. The smallest absolute Gasteiger partial charge is 0.263 e. The first-order valence-corrected chi connectivity index (χ1v) is 4.85. The van der Waals surface area contributed by atoms with Gasteiger partial charge in [-0.15, -0.1) is 0 Å². The van der Waals surface area contributed by atoms with Crippen LogP contribution in [-0.4, -0.2) is 19.3 Å². The Morgan fingerprint density at radius 3 is 2.14 bits per heavy atom. The number of methoxy groups -OCH3 is 1. The fourth-order valence-electron chi connectivity index (χ4n) is 1.39. The van der Waals surface area contributed by atoms with E-state index in [4.69, 9.17) is 17.0 Å². The first-order valence-electron chi connectivity index (χ1n) is 4.44. The Kier molecular flexibility index (Phi) is 3.47. The molecule has 0 atom stereocenters. The molecule has 0 amide bonds. The van der Waals surface area contributed by atoms with Gasteiger partial charge in [0.2, 0.25) is 0 Å². The minimum atomic E-state index is 0.481. The van der Waals surface area contributed by atoms with E-state index in [1.165, 1.54) is 11.1 Å². The van der Waals surface area contributed by atoms with Crippen LogP contribution in [0.4, 0.5) is 5.69 Å². The summed E-state index contributed by atoms with van der Waals surface area (Å²) < 4.78 is 5.00. The van der Waals surface area contributed by atoms with E-state index in [1.54, 1.807) is 7.11 Å². The summed E-state index contributed by atoms with van der Waals surface area (Å²) in [6.07, 6.45) is 0. The van der Waals surface area contributed by atoms with Gasteiger partial charge in [0.05, 0.1) is 7.11 Å². The molecular formula is C11H15NOS. The summed E-state index contributed by atoms with van der Waals surface area (Å²) in [6, 6.07) is 6.30. The molecular weight excluding hydrogens is 194 g/mol. The highest BCUT2D eigenvalue weighted by Gasteiger charge is 2.06. The lowest BCUT2D eigenvalue weighted by atomic mass is 10.1. The molecule has 3 heteroatoms. The molecule has 1 rings (SSSR count). The van der Waals surface area contributed by atoms with Crippen molar-refractivity contribution in [2.75, 3.05) is 19.1 Å². The molecule has 1 aromatic rings.